The van der Waals surface area contributed by atoms with Gasteiger partial charge in [0.15, 0.2) is 0 Å². The normalized spacial score (nSPS) is 18.6. The third-order valence-electron chi connectivity index (χ3n) is 6.24. The summed E-state index contributed by atoms with van der Waals surface area (Å²) in [6.45, 7) is 2.55. The number of anilines is 1. The molecule has 2 aliphatic heterocycles. The van der Waals surface area contributed by atoms with Crippen LogP contribution in [-0.2, 0) is 30.5 Å². The molecule has 2 fully saturated rings. The van der Waals surface area contributed by atoms with Gasteiger partial charge in [0.25, 0.3) is 5.91 Å². The van der Waals surface area contributed by atoms with E-state index < -0.39 is 20.0 Å². The number of nitrogens with zero attached hydrogens (tertiary/aromatic N) is 2. The van der Waals surface area contributed by atoms with Gasteiger partial charge in [0, 0.05) is 37.4 Å². The van der Waals surface area contributed by atoms with E-state index in [0.717, 1.165) is 25.7 Å². The molecule has 1 amide bonds. The predicted octanol–water partition coefficient (Wildman–Crippen LogP) is 2.67. The largest absolute Gasteiger partial charge is 0.379 e. The number of hydrogen-bond donors (Lipinski definition) is 1. The Morgan fingerprint density at radius 2 is 1.37 bits per heavy atom. The minimum absolute atomic E-state index is 0.137. The molecule has 2 heterocycles. The van der Waals surface area contributed by atoms with Gasteiger partial charge in [-0.1, -0.05) is 25.0 Å². The third kappa shape index (κ3) is 6.47. The van der Waals surface area contributed by atoms with Crippen LogP contribution in [0.3, 0.4) is 0 Å². The van der Waals surface area contributed by atoms with Gasteiger partial charge in [-0.3, -0.25) is 4.79 Å². The minimum Gasteiger partial charge on any atom is -0.379 e. The molecule has 0 spiro atoms. The second kappa shape index (κ2) is 11.2. The number of carbonyl (C=O) groups excluding carboxylic acids is 1. The number of benzene rings is 2. The summed E-state index contributed by atoms with van der Waals surface area (Å²) < 4.78 is 59.1. The standard InChI is InChI=1S/C24H31N3O6S2/c28-24(21-7-5-20(6-8-21)19-34(29,30)26-15-17-33-18-16-26)25-22-9-11-23(12-10-22)35(31,32)27-13-3-1-2-4-14-27/h5-12H,1-4,13-19H2,(H,25,28). The van der Waals surface area contributed by atoms with E-state index in [0.29, 0.717) is 56.2 Å². The number of carbonyl (C=O) groups is 1. The van der Waals surface area contributed by atoms with Crippen LogP contribution in [-0.4, -0.2) is 70.7 Å². The zero-order valence-corrected chi connectivity index (χ0v) is 21.2. The van der Waals surface area contributed by atoms with Crippen LogP contribution in [0.2, 0.25) is 0 Å². The van der Waals surface area contributed by atoms with Gasteiger partial charge in [-0.25, -0.2) is 16.8 Å². The van der Waals surface area contributed by atoms with Crippen molar-refractivity contribution >= 4 is 31.6 Å². The first-order valence-electron chi connectivity index (χ1n) is 11.8. The van der Waals surface area contributed by atoms with Crippen molar-refractivity contribution < 1.29 is 26.4 Å². The molecular formula is C24H31N3O6S2. The molecule has 190 valence electrons. The van der Waals surface area contributed by atoms with E-state index in [1.165, 1.54) is 20.7 Å². The van der Waals surface area contributed by atoms with Crippen molar-refractivity contribution in [2.45, 2.75) is 36.3 Å². The fraction of sp³-hybridized carbons (Fsp3) is 0.458. The molecule has 1 N–H and O–H groups in total. The lowest BCUT2D eigenvalue weighted by atomic mass is 10.1. The molecule has 9 nitrogen and oxygen atoms in total. The average Bonchev–Trinajstić information content (AvgIpc) is 3.16. The Hall–Kier alpha value is -2.31. The Morgan fingerprint density at radius 1 is 0.771 bits per heavy atom. The van der Waals surface area contributed by atoms with Crippen LogP contribution in [0.1, 0.15) is 41.6 Å². The zero-order chi connectivity index (χ0) is 24.9. The molecule has 0 saturated carbocycles. The second-order valence-corrected chi connectivity index (χ2v) is 12.7. The van der Waals surface area contributed by atoms with E-state index in [2.05, 4.69) is 5.32 Å². The number of sulfonamides is 2. The molecule has 4 rings (SSSR count). The summed E-state index contributed by atoms with van der Waals surface area (Å²) in [5.41, 5.74) is 1.44. The number of rotatable bonds is 7. The molecule has 0 atom stereocenters. The van der Waals surface area contributed by atoms with Gasteiger partial charge in [0.1, 0.15) is 0 Å². The molecule has 0 bridgehead atoms. The fourth-order valence-corrected chi connectivity index (χ4v) is 7.24. The summed E-state index contributed by atoms with van der Waals surface area (Å²) in [5.74, 6) is -0.502. The predicted molar refractivity (Wildman–Crippen MR) is 133 cm³/mol. The molecule has 35 heavy (non-hydrogen) atoms. The Morgan fingerprint density at radius 3 is 1.97 bits per heavy atom. The maximum atomic E-state index is 12.9. The summed E-state index contributed by atoms with van der Waals surface area (Å²) in [5, 5.41) is 2.76. The molecule has 0 unspecified atom stereocenters. The van der Waals surface area contributed by atoms with E-state index in [1.807, 2.05) is 0 Å². The zero-order valence-electron chi connectivity index (χ0n) is 19.6. The number of nitrogens with one attached hydrogen (secondary N) is 1. The van der Waals surface area contributed by atoms with Crippen molar-refractivity contribution in [3.8, 4) is 0 Å². The van der Waals surface area contributed by atoms with Gasteiger partial charge in [0.05, 0.1) is 23.9 Å². The van der Waals surface area contributed by atoms with Gasteiger partial charge in [-0.15, -0.1) is 0 Å². The highest BCUT2D eigenvalue weighted by atomic mass is 32.2. The lowest BCUT2D eigenvalue weighted by molar-refractivity contribution is 0.0729. The lowest BCUT2D eigenvalue weighted by Gasteiger charge is -2.26. The van der Waals surface area contributed by atoms with Crippen LogP contribution in [0.4, 0.5) is 5.69 Å². The first-order valence-corrected chi connectivity index (χ1v) is 14.9. The highest BCUT2D eigenvalue weighted by molar-refractivity contribution is 7.89. The quantitative estimate of drug-likeness (QED) is 0.599. The lowest BCUT2D eigenvalue weighted by Crippen LogP contribution is -2.41. The summed E-state index contributed by atoms with van der Waals surface area (Å²) in [4.78, 5) is 12.9. The first kappa shape index (κ1) is 25.8. The van der Waals surface area contributed by atoms with Gasteiger partial charge < -0.3 is 10.1 Å². The molecule has 0 radical (unpaired) electrons. The van der Waals surface area contributed by atoms with Crippen molar-refractivity contribution in [2.24, 2.45) is 0 Å². The molecule has 11 heteroatoms. The summed E-state index contributed by atoms with van der Waals surface area (Å²) in [6, 6.07) is 12.6. The average molecular weight is 522 g/mol. The highest BCUT2D eigenvalue weighted by Gasteiger charge is 2.26. The second-order valence-electron chi connectivity index (χ2n) is 8.76. The van der Waals surface area contributed by atoms with Crippen LogP contribution in [0.25, 0.3) is 0 Å². The SMILES string of the molecule is O=C(Nc1ccc(S(=O)(=O)N2CCCCCC2)cc1)c1ccc(CS(=O)(=O)N2CCOCC2)cc1. The summed E-state index contributed by atoms with van der Waals surface area (Å²) in [7, 11) is -6.99. The van der Waals surface area contributed by atoms with E-state index in [9.17, 15) is 21.6 Å². The summed E-state index contributed by atoms with van der Waals surface area (Å²) >= 11 is 0. The minimum atomic E-state index is -3.55. The van der Waals surface area contributed by atoms with Gasteiger partial charge in [-0.2, -0.15) is 8.61 Å². The van der Waals surface area contributed by atoms with Crippen molar-refractivity contribution in [2.75, 3.05) is 44.7 Å². The van der Waals surface area contributed by atoms with Crippen molar-refractivity contribution in [3.05, 3.63) is 59.7 Å². The van der Waals surface area contributed by atoms with Crippen molar-refractivity contribution in [1.82, 2.24) is 8.61 Å². The van der Waals surface area contributed by atoms with Crippen LogP contribution in [0, 0.1) is 0 Å². The smallest absolute Gasteiger partial charge is 0.255 e. The third-order valence-corrected chi connectivity index (χ3v) is 10.0. The Bertz CT molecular complexity index is 1220. The van der Waals surface area contributed by atoms with Crippen LogP contribution in [0.5, 0.6) is 0 Å². The molecule has 2 aliphatic rings. The van der Waals surface area contributed by atoms with Crippen LogP contribution in [0.15, 0.2) is 53.4 Å². The van der Waals surface area contributed by atoms with E-state index >= 15 is 0 Å². The fourth-order valence-electron chi connectivity index (χ4n) is 4.22. The van der Waals surface area contributed by atoms with Crippen LogP contribution >= 0.6 is 0 Å². The molecule has 2 aromatic carbocycles. The molecule has 2 saturated heterocycles. The van der Waals surface area contributed by atoms with Crippen molar-refractivity contribution in [1.29, 1.82) is 0 Å². The molecule has 2 aromatic rings. The highest BCUT2D eigenvalue weighted by Crippen LogP contribution is 2.22. The Labute approximate surface area is 207 Å². The van der Waals surface area contributed by atoms with Gasteiger partial charge >= 0.3 is 0 Å². The van der Waals surface area contributed by atoms with Gasteiger partial charge in [-0.05, 0) is 54.8 Å². The molecular weight excluding hydrogens is 490 g/mol. The van der Waals surface area contributed by atoms with Crippen molar-refractivity contribution in [3.63, 3.8) is 0 Å². The summed E-state index contributed by atoms with van der Waals surface area (Å²) in [6.07, 6.45) is 3.82. The van der Waals surface area contributed by atoms with Crippen LogP contribution < -0.4 is 5.32 Å². The number of amides is 1. The Balaban J connectivity index is 1.37. The Kier molecular flexibility index (Phi) is 8.23. The van der Waals surface area contributed by atoms with Gasteiger partial charge in [0.2, 0.25) is 20.0 Å². The van der Waals surface area contributed by atoms with E-state index in [-0.39, 0.29) is 16.6 Å². The molecule has 0 aliphatic carbocycles. The number of ether oxygens (including phenoxy) is 1. The van der Waals surface area contributed by atoms with E-state index in [4.69, 9.17) is 4.74 Å². The monoisotopic (exact) mass is 521 g/mol. The number of hydrogen-bond acceptors (Lipinski definition) is 6. The number of morpholine rings is 1. The van der Waals surface area contributed by atoms with E-state index in [1.54, 1.807) is 36.4 Å². The maximum absolute atomic E-state index is 12.9. The topological polar surface area (TPSA) is 113 Å². The first-order chi connectivity index (χ1) is 16.8. The maximum Gasteiger partial charge on any atom is 0.255 e. The molecule has 0 aromatic heterocycles.